The van der Waals surface area contributed by atoms with Gasteiger partial charge in [0.2, 0.25) is 0 Å². The van der Waals surface area contributed by atoms with E-state index in [4.69, 9.17) is 13.9 Å². The minimum absolute atomic E-state index is 0.0781. The quantitative estimate of drug-likeness (QED) is 0.480. The summed E-state index contributed by atoms with van der Waals surface area (Å²) in [4.78, 5) is 34.9. The third-order valence-corrected chi connectivity index (χ3v) is 4.13. The Bertz CT molecular complexity index is 822. The van der Waals surface area contributed by atoms with Gasteiger partial charge in [-0.2, -0.15) is 0 Å². The van der Waals surface area contributed by atoms with Crippen LogP contribution >= 0.6 is 0 Å². The van der Waals surface area contributed by atoms with E-state index < -0.39 is 24.5 Å². The second-order valence-electron chi connectivity index (χ2n) is 7.70. The fraction of sp³-hybridized carbons (Fsp3) is 0.409. The van der Waals surface area contributed by atoms with Gasteiger partial charge >= 0.3 is 12.0 Å². The van der Waals surface area contributed by atoms with Crippen molar-refractivity contribution < 1.29 is 28.3 Å². The van der Waals surface area contributed by atoms with Crippen LogP contribution in [0.2, 0.25) is 0 Å². The van der Waals surface area contributed by atoms with E-state index in [1.165, 1.54) is 11.8 Å². The molecule has 0 bridgehead atoms. The lowest BCUT2D eigenvalue weighted by Crippen LogP contribution is -2.41. The summed E-state index contributed by atoms with van der Waals surface area (Å²) in [6, 6.07) is 10.5. The Labute approximate surface area is 175 Å². The maximum absolute atomic E-state index is 11.7. The first-order chi connectivity index (χ1) is 14.2. The number of urea groups is 1. The highest BCUT2D eigenvalue weighted by atomic mass is 16.5. The summed E-state index contributed by atoms with van der Waals surface area (Å²) in [5.41, 5.74) is 1.29. The summed E-state index contributed by atoms with van der Waals surface area (Å²) < 4.78 is 15.5. The van der Waals surface area contributed by atoms with Crippen molar-refractivity contribution >= 4 is 17.9 Å². The van der Waals surface area contributed by atoms with Crippen LogP contribution in [0.1, 0.15) is 44.9 Å². The SMILES string of the molecule is CC(C)(C)c1ccc(OCCCC(=O)OCC(=O)NC(=O)NCc2ccco2)cc1. The third-order valence-electron chi connectivity index (χ3n) is 4.13. The molecule has 0 spiro atoms. The lowest BCUT2D eigenvalue weighted by atomic mass is 9.87. The Morgan fingerprint density at radius 3 is 2.43 bits per heavy atom. The summed E-state index contributed by atoms with van der Waals surface area (Å²) in [5.74, 6) is 0.0380. The molecule has 8 nitrogen and oxygen atoms in total. The third kappa shape index (κ3) is 8.38. The fourth-order valence-electron chi connectivity index (χ4n) is 2.46. The zero-order valence-corrected chi connectivity index (χ0v) is 17.5. The summed E-state index contributed by atoms with van der Waals surface area (Å²) in [6.45, 7) is 6.39. The number of carbonyl (C=O) groups excluding carboxylic acids is 3. The van der Waals surface area contributed by atoms with Crippen molar-refractivity contribution in [2.24, 2.45) is 0 Å². The van der Waals surface area contributed by atoms with Gasteiger partial charge in [0, 0.05) is 6.42 Å². The molecule has 0 aliphatic rings. The normalized spacial score (nSPS) is 10.9. The molecule has 2 N–H and O–H groups in total. The largest absolute Gasteiger partial charge is 0.494 e. The first kappa shape index (κ1) is 23.0. The number of benzene rings is 1. The van der Waals surface area contributed by atoms with Gasteiger partial charge in [0.1, 0.15) is 11.5 Å². The first-order valence-corrected chi connectivity index (χ1v) is 9.73. The maximum Gasteiger partial charge on any atom is 0.321 e. The molecule has 0 saturated heterocycles. The Morgan fingerprint density at radius 1 is 1.07 bits per heavy atom. The number of ether oxygens (including phenoxy) is 2. The van der Waals surface area contributed by atoms with Gasteiger partial charge in [-0.3, -0.25) is 14.9 Å². The molecule has 3 amide bonds. The number of hydrogen-bond acceptors (Lipinski definition) is 6. The standard InChI is InChI=1S/C22H28N2O6/c1-22(2,3)16-8-10-17(11-9-16)28-13-5-7-20(26)30-15-19(25)24-21(27)23-14-18-6-4-12-29-18/h4,6,8-12H,5,7,13-15H2,1-3H3,(H2,23,24,25,27). The monoisotopic (exact) mass is 416 g/mol. The minimum atomic E-state index is -0.713. The molecule has 2 rings (SSSR count). The van der Waals surface area contributed by atoms with E-state index in [1.54, 1.807) is 12.1 Å². The van der Waals surface area contributed by atoms with Gasteiger partial charge < -0.3 is 19.2 Å². The molecule has 0 aliphatic heterocycles. The highest BCUT2D eigenvalue weighted by Gasteiger charge is 2.13. The van der Waals surface area contributed by atoms with Gasteiger partial charge in [-0.15, -0.1) is 0 Å². The highest BCUT2D eigenvalue weighted by molar-refractivity contribution is 5.95. The molecule has 0 atom stereocenters. The van der Waals surface area contributed by atoms with Crippen molar-refractivity contribution in [3.63, 3.8) is 0 Å². The summed E-state index contributed by atoms with van der Waals surface area (Å²) in [7, 11) is 0. The first-order valence-electron chi connectivity index (χ1n) is 9.73. The van der Waals surface area contributed by atoms with E-state index in [-0.39, 0.29) is 18.4 Å². The van der Waals surface area contributed by atoms with E-state index in [2.05, 4.69) is 31.4 Å². The van der Waals surface area contributed by atoms with E-state index in [1.807, 2.05) is 24.3 Å². The summed E-state index contributed by atoms with van der Waals surface area (Å²) in [6.07, 6.45) is 2.04. The van der Waals surface area contributed by atoms with Crippen LogP contribution in [0.4, 0.5) is 4.79 Å². The van der Waals surface area contributed by atoms with Gasteiger partial charge in [-0.1, -0.05) is 32.9 Å². The molecule has 8 heteroatoms. The number of rotatable bonds is 9. The Hall–Kier alpha value is -3.29. The second-order valence-corrected chi connectivity index (χ2v) is 7.70. The van der Waals surface area contributed by atoms with Crippen LogP contribution < -0.4 is 15.4 Å². The van der Waals surface area contributed by atoms with Crippen LogP contribution in [0.25, 0.3) is 0 Å². The van der Waals surface area contributed by atoms with Crippen LogP contribution in [0, 0.1) is 0 Å². The number of amides is 3. The molecule has 0 saturated carbocycles. The Morgan fingerprint density at radius 2 is 1.80 bits per heavy atom. The molecule has 0 fully saturated rings. The summed E-state index contributed by atoms with van der Waals surface area (Å²) >= 11 is 0. The van der Waals surface area contributed by atoms with Gasteiger partial charge in [0.15, 0.2) is 6.61 Å². The van der Waals surface area contributed by atoms with Crippen LogP contribution in [-0.4, -0.2) is 31.1 Å². The molecule has 1 aromatic carbocycles. The zero-order valence-electron chi connectivity index (χ0n) is 17.5. The predicted molar refractivity (Wildman–Crippen MR) is 110 cm³/mol. The molecule has 162 valence electrons. The smallest absolute Gasteiger partial charge is 0.321 e. The molecule has 1 aromatic heterocycles. The van der Waals surface area contributed by atoms with Gasteiger partial charge in [0.05, 0.1) is 19.4 Å². The lowest BCUT2D eigenvalue weighted by molar-refractivity contribution is -0.148. The topological polar surface area (TPSA) is 107 Å². The number of carbonyl (C=O) groups is 3. The van der Waals surface area contributed by atoms with Crippen LogP contribution in [0.3, 0.4) is 0 Å². The van der Waals surface area contributed by atoms with Crippen LogP contribution in [0.15, 0.2) is 47.1 Å². The van der Waals surface area contributed by atoms with E-state index >= 15 is 0 Å². The van der Waals surface area contributed by atoms with Gasteiger partial charge in [-0.05, 0) is 41.7 Å². The molecule has 2 aromatic rings. The van der Waals surface area contributed by atoms with Crippen molar-refractivity contribution in [2.75, 3.05) is 13.2 Å². The minimum Gasteiger partial charge on any atom is -0.494 e. The molecule has 0 aliphatic carbocycles. The van der Waals surface area contributed by atoms with Crippen molar-refractivity contribution in [2.45, 2.75) is 45.6 Å². The highest BCUT2D eigenvalue weighted by Crippen LogP contribution is 2.24. The van der Waals surface area contributed by atoms with Crippen LogP contribution in [-0.2, 0) is 26.3 Å². The van der Waals surface area contributed by atoms with Gasteiger partial charge in [-0.25, -0.2) is 4.79 Å². The lowest BCUT2D eigenvalue weighted by Gasteiger charge is -2.19. The van der Waals surface area contributed by atoms with Crippen molar-refractivity contribution in [3.8, 4) is 5.75 Å². The average molecular weight is 416 g/mol. The number of nitrogens with one attached hydrogen (secondary N) is 2. The van der Waals surface area contributed by atoms with E-state index in [0.29, 0.717) is 18.8 Å². The number of hydrogen-bond donors (Lipinski definition) is 2. The Kier molecular flexibility index (Phi) is 8.46. The second kappa shape index (κ2) is 11.0. The van der Waals surface area contributed by atoms with E-state index in [9.17, 15) is 14.4 Å². The van der Waals surface area contributed by atoms with Crippen LogP contribution in [0.5, 0.6) is 5.75 Å². The number of esters is 1. The molecule has 30 heavy (non-hydrogen) atoms. The van der Waals surface area contributed by atoms with Crippen molar-refractivity contribution in [1.29, 1.82) is 0 Å². The van der Waals surface area contributed by atoms with Crippen molar-refractivity contribution in [3.05, 3.63) is 54.0 Å². The Balaban J connectivity index is 1.56. The predicted octanol–water partition coefficient (Wildman–Crippen LogP) is 3.31. The molecule has 0 unspecified atom stereocenters. The molecule has 1 heterocycles. The molecular formula is C22H28N2O6. The fourth-order valence-corrected chi connectivity index (χ4v) is 2.46. The number of imide groups is 1. The average Bonchev–Trinajstić information content (AvgIpc) is 3.21. The van der Waals surface area contributed by atoms with Gasteiger partial charge in [0.25, 0.3) is 5.91 Å². The zero-order chi connectivity index (χ0) is 22.0. The maximum atomic E-state index is 11.7. The van der Waals surface area contributed by atoms with E-state index in [0.717, 1.165) is 5.75 Å². The molecule has 0 radical (unpaired) electrons. The number of furan rings is 1. The molecular weight excluding hydrogens is 388 g/mol. The van der Waals surface area contributed by atoms with Crippen molar-refractivity contribution in [1.82, 2.24) is 10.6 Å². The summed E-state index contributed by atoms with van der Waals surface area (Å²) in [5, 5.41) is 4.52.